The number of amides is 1. The smallest absolute Gasteiger partial charge is 0.303 e. The highest BCUT2D eigenvalue weighted by Crippen LogP contribution is 2.38. The van der Waals surface area contributed by atoms with Crippen LogP contribution in [0, 0.1) is 5.82 Å². The van der Waals surface area contributed by atoms with Crippen LogP contribution in [0.15, 0.2) is 24.3 Å². The van der Waals surface area contributed by atoms with Crippen molar-refractivity contribution in [3.63, 3.8) is 0 Å². The third kappa shape index (κ3) is 7.19. The van der Waals surface area contributed by atoms with Crippen molar-refractivity contribution in [3.05, 3.63) is 46.9 Å². The zero-order valence-corrected chi connectivity index (χ0v) is 23.0. The Labute approximate surface area is 235 Å². The van der Waals surface area contributed by atoms with Crippen molar-refractivity contribution in [2.45, 2.75) is 51.6 Å². The molecule has 0 aliphatic carbocycles. The number of hydrogen-bond donors (Lipinski definition) is 3. The lowest BCUT2D eigenvalue weighted by molar-refractivity contribution is -0.141. The van der Waals surface area contributed by atoms with Gasteiger partial charge in [-0.05, 0) is 42.2 Å². The van der Waals surface area contributed by atoms with Gasteiger partial charge in [0.15, 0.2) is 28.8 Å². The lowest BCUT2D eigenvalue weighted by Crippen LogP contribution is -2.25. The molecule has 0 saturated heterocycles. The van der Waals surface area contributed by atoms with E-state index >= 15 is 4.39 Å². The van der Waals surface area contributed by atoms with Crippen LogP contribution in [0.4, 0.5) is 4.39 Å². The molecule has 2 aromatic carbocycles. The first kappa shape index (κ1) is 29.5. The van der Waals surface area contributed by atoms with Crippen molar-refractivity contribution in [3.8, 4) is 23.0 Å². The molecule has 0 bridgehead atoms. The summed E-state index contributed by atoms with van der Waals surface area (Å²) in [7, 11) is 2.94. The molecule has 1 aliphatic heterocycles. The first-order valence-corrected chi connectivity index (χ1v) is 13.2. The Hall–Kier alpha value is -4.48. The van der Waals surface area contributed by atoms with E-state index in [1.165, 1.54) is 14.2 Å². The van der Waals surface area contributed by atoms with Crippen LogP contribution in [0.25, 0.3) is 10.9 Å². The zero-order chi connectivity index (χ0) is 29.5. The number of carboxylic acid groups (broad SMARTS) is 2. The average Bonchev–Trinajstić information content (AvgIpc) is 3.55. The Bertz CT molecular complexity index is 1440. The van der Waals surface area contributed by atoms with Crippen molar-refractivity contribution in [2.75, 3.05) is 27.4 Å². The fourth-order valence-corrected chi connectivity index (χ4v) is 4.74. The summed E-state index contributed by atoms with van der Waals surface area (Å²) in [6, 6.07) is 6.93. The maximum atomic E-state index is 15.3. The molecular weight excluding hydrogens is 539 g/mol. The van der Waals surface area contributed by atoms with Gasteiger partial charge < -0.3 is 39.0 Å². The number of nitrogens with one attached hydrogen (secondary N) is 1. The van der Waals surface area contributed by atoms with E-state index in [0.717, 1.165) is 16.8 Å². The highest BCUT2D eigenvalue weighted by atomic mass is 19.1. The first-order valence-electron chi connectivity index (χ1n) is 13.2. The topological polar surface area (TPSA) is 148 Å². The number of carboxylic acids is 2. The number of aliphatic carboxylic acids is 2. The standard InChI is InChI=1S/C29H33FN2O9/c1-38-22-11-17-15-32(25(33)7-8-27(36)37)16-18(17)12-23(22)40-9-4-10-41-29-24(39-2)14-21-20(28(29)30)13-19(31-21)5-3-6-26(34)35/h11-14,31H,3-10,15-16H2,1-2H3,(H,34,35)(H,36,37). The molecule has 0 spiro atoms. The molecule has 1 aromatic heterocycles. The number of carbonyl (C=O) groups excluding carboxylic acids is 1. The second-order valence-electron chi connectivity index (χ2n) is 9.69. The predicted molar refractivity (Wildman–Crippen MR) is 145 cm³/mol. The number of methoxy groups -OCH3 is 2. The van der Waals surface area contributed by atoms with Crippen molar-refractivity contribution in [1.82, 2.24) is 9.88 Å². The molecule has 11 nitrogen and oxygen atoms in total. The Kier molecular flexibility index (Phi) is 9.53. The third-order valence-corrected chi connectivity index (χ3v) is 6.80. The normalized spacial score (nSPS) is 12.3. The minimum atomic E-state index is -1.01. The Morgan fingerprint density at radius 3 is 2.17 bits per heavy atom. The van der Waals surface area contributed by atoms with Gasteiger partial charge >= 0.3 is 11.9 Å². The number of H-pyrrole nitrogens is 1. The molecule has 0 atom stereocenters. The highest BCUT2D eigenvalue weighted by Gasteiger charge is 2.26. The fourth-order valence-electron chi connectivity index (χ4n) is 4.74. The lowest BCUT2D eigenvalue weighted by Gasteiger charge is -2.14. The van der Waals surface area contributed by atoms with Gasteiger partial charge in [0.05, 0.1) is 39.4 Å². The van der Waals surface area contributed by atoms with Gasteiger partial charge in [0.25, 0.3) is 0 Å². The molecule has 0 saturated carbocycles. The number of fused-ring (bicyclic) bond motifs is 2. The van der Waals surface area contributed by atoms with E-state index in [4.69, 9.17) is 29.2 Å². The number of benzene rings is 2. The van der Waals surface area contributed by atoms with Gasteiger partial charge in [-0.1, -0.05) is 0 Å². The summed E-state index contributed by atoms with van der Waals surface area (Å²) in [5.74, 6) is -1.45. The van der Waals surface area contributed by atoms with Crippen LogP contribution in [-0.2, 0) is 33.9 Å². The number of halogens is 1. The highest BCUT2D eigenvalue weighted by molar-refractivity contribution is 5.85. The van der Waals surface area contributed by atoms with E-state index in [-0.39, 0.29) is 49.9 Å². The molecule has 0 fully saturated rings. The molecule has 3 N–H and O–H groups in total. The van der Waals surface area contributed by atoms with Crippen molar-refractivity contribution in [1.29, 1.82) is 0 Å². The van der Waals surface area contributed by atoms with E-state index in [1.807, 2.05) is 12.1 Å². The van der Waals surface area contributed by atoms with E-state index in [0.29, 0.717) is 54.8 Å². The summed E-state index contributed by atoms with van der Waals surface area (Å²) in [6.45, 7) is 1.13. The van der Waals surface area contributed by atoms with Gasteiger partial charge in [-0.15, -0.1) is 0 Å². The van der Waals surface area contributed by atoms with Crippen molar-refractivity contribution >= 4 is 28.7 Å². The van der Waals surface area contributed by atoms with Gasteiger partial charge in [0.1, 0.15) is 0 Å². The van der Waals surface area contributed by atoms with Gasteiger partial charge in [-0.25, -0.2) is 4.39 Å². The van der Waals surface area contributed by atoms with Crippen LogP contribution in [0.5, 0.6) is 23.0 Å². The van der Waals surface area contributed by atoms with Crippen LogP contribution < -0.4 is 18.9 Å². The second kappa shape index (κ2) is 13.2. The van der Waals surface area contributed by atoms with E-state index in [2.05, 4.69) is 4.98 Å². The quantitative estimate of drug-likeness (QED) is 0.227. The van der Waals surface area contributed by atoms with Crippen molar-refractivity contribution < 1.29 is 47.9 Å². The van der Waals surface area contributed by atoms with Gasteiger partial charge in [-0.3, -0.25) is 14.4 Å². The largest absolute Gasteiger partial charge is 0.493 e. The molecular formula is C29H33FN2O9. The zero-order valence-electron chi connectivity index (χ0n) is 23.0. The van der Waals surface area contributed by atoms with Crippen LogP contribution in [-0.4, -0.2) is 65.4 Å². The number of aromatic nitrogens is 1. The fraction of sp³-hybridized carbons (Fsp3) is 0.414. The molecule has 4 rings (SSSR count). The van der Waals surface area contributed by atoms with E-state index < -0.39 is 17.8 Å². The van der Waals surface area contributed by atoms with Crippen LogP contribution >= 0.6 is 0 Å². The van der Waals surface area contributed by atoms with E-state index in [9.17, 15) is 14.4 Å². The molecule has 1 amide bonds. The SMILES string of the molecule is COc1cc2c(cc1OCCCOc1c(OC)cc3[nH]c(CCCC(=O)O)cc3c1F)CN(C(=O)CCC(=O)O)C2. The number of rotatable bonds is 15. The minimum absolute atomic E-state index is 0.0150. The molecule has 0 radical (unpaired) electrons. The summed E-state index contributed by atoms with van der Waals surface area (Å²) in [5.41, 5.74) is 3.07. The molecule has 220 valence electrons. The molecule has 12 heteroatoms. The number of hydrogen-bond acceptors (Lipinski definition) is 7. The number of aryl methyl sites for hydroxylation is 1. The molecule has 3 aromatic rings. The molecule has 1 aliphatic rings. The van der Waals surface area contributed by atoms with Gasteiger partial charge in [0.2, 0.25) is 5.91 Å². The monoisotopic (exact) mass is 572 g/mol. The Morgan fingerprint density at radius 1 is 0.854 bits per heavy atom. The molecule has 0 unspecified atom stereocenters. The van der Waals surface area contributed by atoms with Crippen molar-refractivity contribution in [2.24, 2.45) is 0 Å². The Balaban J connectivity index is 1.34. The van der Waals surface area contributed by atoms with Gasteiger partial charge in [-0.2, -0.15) is 0 Å². The molecule has 41 heavy (non-hydrogen) atoms. The maximum Gasteiger partial charge on any atom is 0.303 e. The molecule has 2 heterocycles. The summed E-state index contributed by atoms with van der Waals surface area (Å²) >= 11 is 0. The number of aromatic amines is 1. The summed E-state index contributed by atoms with van der Waals surface area (Å²) in [6.07, 6.45) is 1.09. The average molecular weight is 573 g/mol. The number of ether oxygens (including phenoxy) is 4. The summed E-state index contributed by atoms with van der Waals surface area (Å²) in [4.78, 5) is 38.6. The number of nitrogens with zero attached hydrogens (tertiary/aromatic N) is 1. The first-order chi connectivity index (χ1) is 19.7. The summed E-state index contributed by atoms with van der Waals surface area (Å²) < 4.78 is 37.8. The second-order valence-corrected chi connectivity index (χ2v) is 9.69. The maximum absolute atomic E-state index is 15.3. The van der Waals surface area contributed by atoms with Crippen LogP contribution in [0.1, 0.15) is 48.9 Å². The minimum Gasteiger partial charge on any atom is -0.493 e. The van der Waals surface area contributed by atoms with E-state index in [1.54, 1.807) is 17.0 Å². The third-order valence-electron chi connectivity index (χ3n) is 6.80. The predicted octanol–water partition coefficient (Wildman–Crippen LogP) is 4.29. The van der Waals surface area contributed by atoms with Crippen LogP contribution in [0.2, 0.25) is 0 Å². The number of carbonyl (C=O) groups is 3. The van der Waals surface area contributed by atoms with Crippen LogP contribution in [0.3, 0.4) is 0 Å². The summed E-state index contributed by atoms with van der Waals surface area (Å²) in [5, 5.41) is 18.0. The van der Waals surface area contributed by atoms with Gasteiger partial charge in [0, 0.05) is 49.5 Å². The lowest BCUT2D eigenvalue weighted by atomic mass is 10.1. The Morgan fingerprint density at radius 2 is 1.51 bits per heavy atom.